The van der Waals surface area contributed by atoms with E-state index in [-0.39, 0.29) is 18.4 Å². The minimum atomic E-state index is -0.269. The fourth-order valence-electron chi connectivity index (χ4n) is 1.17. The van der Waals surface area contributed by atoms with Gasteiger partial charge in [-0.1, -0.05) is 17.7 Å². The van der Waals surface area contributed by atoms with Gasteiger partial charge in [-0.2, -0.15) is 5.26 Å². The molecule has 0 saturated carbocycles. The van der Waals surface area contributed by atoms with Gasteiger partial charge in [0, 0.05) is 10.5 Å². The Morgan fingerprint density at radius 1 is 1.69 bits per heavy atom. The molecule has 1 atom stereocenters. The molecule has 0 aliphatic heterocycles. The Bertz CT molecular complexity index is 442. The third-order valence-electron chi connectivity index (χ3n) is 1.97. The first-order chi connectivity index (χ1) is 7.56. The van der Waals surface area contributed by atoms with Crippen LogP contribution >= 0.6 is 27.5 Å². The first-order valence-corrected chi connectivity index (χ1v) is 5.85. The van der Waals surface area contributed by atoms with Gasteiger partial charge in [-0.15, -0.1) is 0 Å². The largest absolute Gasteiger partial charge is 0.349 e. The number of carbonyl (C=O) groups excluding carboxylic acids is 1. The van der Waals surface area contributed by atoms with Crippen molar-refractivity contribution in [2.45, 2.75) is 19.4 Å². The monoisotopic (exact) mass is 300 g/mol. The van der Waals surface area contributed by atoms with Gasteiger partial charge in [0.25, 0.3) is 5.91 Å². The molecule has 0 aliphatic rings. The van der Waals surface area contributed by atoms with E-state index in [1.54, 1.807) is 25.1 Å². The molecule has 3 nitrogen and oxygen atoms in total. The lowest BCUT2D eigenvalue weighted by atomic mass is 10.2. The van der Waals surface area contributed by atoms with Crippen LogP contribution < -0.4 is 5.32 Å². The van der Waals surface area contributed by atoms with Crippen LogP contribution in [0.3, 0.4) is 0 Å². The van der Waals surface area contributed by atoms with Gasteiger partial charge in [0.2, 0.25) is 0 Å². The van der Waals surface area contributed by atoms with E-state index < -0.39 is 0 Å². The zero-order valence-corrected chi connectivity index (χ0v) is 11.0. The van der Waals surface area contributed by atoms with Gasteiger partial charge in [0.1, 0.15) is 0 Å². The van der Waals surface area contributed by atoms with Crippen LogP contribution in [0.2, 0.25) is 5.02 Å². The standard InChI is InChI=1S/C11H10BrClN2O/c1-7(5-6-14)15-11(16)8-3-2-4-9(12)10(8)13/h2-4,7H,5H2,1H3,(H,15,16)/t7-/m1/s1. The summed E-state index contributed by atoms with van der Waals surface area (Å²) in [5.41, 5.74) is 0.404. The molecule has 16 heavy (non-hydrogen) atoms. The fourth-order valence-corrected chi connectivity index (χ4v) is 1.75. The Morgan fingerprint density at radius 2 is 2.38 bits per heavy atom. The second-order valence-electron chi connectivity index (χ2n) is 3.34. The minimum Gasteiger partial charge on any atom is -0.349 e. The SMILES string of the molecule is C[C@H](CC#N)NC(=O)c1cccc(Br)c1Cl. The topological polar surface area (TPSA) is 52.9 Å². The maximum atomic E-state index is 11.8. The number of carbonyl (C=O) groups is 1. The highest BCUT2D eigenvalue weighted by atomic mass is 79.9. The number of amides is 1. The Morgan fingerprint density at radius 3 is 3.00 bits per heavy atom. The van der Waals surface area contributed by atoms with Crippen molar-refractivity contribution in [1.82, 2.24) is 5.32 Å². The summed E-state index contributed by atoms with van der Waals surface area (Å²) in [5, 5.41) is 11.6. The van der Waals surface area contributed by atoms with Crippen LogP contribution in [-0.4, -0.2) is 11.9 Å². The summed E-state index contributed by atoms with van der Waals surface area (Å²) in [6, 6.07) is 6.94. The lowest BCUT2D eigenvalue weighted by Crippen LogP contribution is -2.32. The number of hydrogen-bond acceptors (Lipinski definition) is 2. The van der Waals surface area contributed by atoms with Gasteiger partial charge in [-0.25, -0.2) is 0 Å². The van der Waals surface area contributed by atoms with Crippen molar-refractivity contribution in [3.8, 4) is 6.07 Å². The number of benzene rings is 1. The molecule has 1 N–H and O–H groups in total. The van der Waals surface area contributed by atoms with Crippen LogP contribution in [0.5, 0.6) is 0 Å². The molecular formula is C11H10BrClN2O. The predicted molar refractivity (Wildman–Crippen MR) is 66.3 cm³/mol. The van der Waals surface area contributed by atoms with Gasteiger partial charge < -0.3 is 5.32 Å². The molecule has 0 unspecified atom stereocenters. The van der Waals surface area contributed by atoms with Gasteiger partial charge >= 0.3 is 0 Å². The molecule has 0 spiro atoms. The highest BCUT2D eigenvalue weighted by Crippen LogP contribution is 2.25. The second-order valence-corrected chi connectivity index (χ2v) is 4.57. The molecule has 0 fully saturated rings. The lowest BCUT2D eigenvalue weighted by Gasteiger charge is -2.11. The number of hydrogen-bond donors (Lipinski definition) is 1. The highest BCUT2D eigenvalue weighted by molar-refractivity contribution is 9.10. The molecule has 5 heteroatoms. The Kier molecular flexibility index (Phi) is 4.78. The first-order valence-electron chi connectivity index (χ1n) is 4.68. The van der Waals surface area contributed by atoms with E-state index in [1.165, 1.54) is 0 Å². The Labute approximate surface area is 108 Å². The van der Waals surface area contributed by atoms with Crippen molar-refractivity contribution in [2.24, 2.45) is 0 Å². The van der Waals surface area contributed by atoms with Crippen molar-refractivity contribution in [1.29, 1.82) is 5.26 Å². The highest BCUT2D eigenvalue weighted by Gasteiger charge is 2.14. The summed E-state index contributed by atoms with van der Waals surface area (Å²) in [7, 11) is 0. The number of nitrogens with one attached hydrogen (secondary N) is 1. The van der Waals surface area contributed by atoms with Crippen molar-refractivity contribution in [2.75, 3.05) is 0 Å². The van der Waals surface area contributed by atoms with Crippen LogP contribution in [0.4, 0.5) is 0 Å². The van der Waals surface area contributed by atoms with E-state index in [0.717, 1.165) is 0 Å². The molecule has 1 rings (SSSR count). The first kappa shape index (κ1) is 13.0. The summed E-state index contributed by atoms with van der Waals surface area (Å²) in [6.07, 6.45) is 0.275. The molecule has 1 aromatic rings. The molecular weight excluding hydrogens is 291 g/mol. The fraction of sp³-hybridized carbons (Fsp3) is 0.273. The van der Waals surface area contributed by atoms with E-state index in [2.05, 4.69) is 21.2 Å². The zero-order valence-electron chi connectivity index (χ0n) is 8.63. The maximum absolute atomic E-state index is 11.8. The Balaban J connectivity index is 2.82. The molecule has 0 aliphatic carbocycles. The van der Waals surface area contributed by atoms with Crippen LogP contribution in [0.1, 0.15) is 23.7 Å². The summed E-state index contributed by atoms with van der Waals surface area (Å²) in [6.45, 7) is 1.77. The van der Waals surface area contributed by atoms with Crippen molar-refractivity contribution in [3.05, 3.63) is 33.3 Å². The van der Waals surface area contributed by atoms with E-state index in [9.17, 15) is 4.79 Å². The molecule has 0 radical (unpaired) electrons. The normalized spacial score (nSPS) is 11.6. The lowest BCUT2D eigenvalue weighted by molar-refractivity contribution is 0.0941. The van der Waals surface area contributed by atoms with Crippen LogP contribution in [-0.2, 0) is 0 Å². The number of rotatable bonds is 3. The summed E-state index contributed by atoms with van der Waals surface area (Å²) in [5.74, 6) is -0.269. The smallest absolute Gasteiger partial charge is 0.253 e. The van der Waals surface area contributed by atoms with Gasteiger partial charge in [0.05, 0.1) is 23.1 Å². The van der Waals surface area contributed by atoms with E-state index in [0.29, 0.717) is 15.1 Å². The third kappa shape index (κ3) is 3.22. The number of nitrogens with zero attached hydrogens (tertiary/aromatic N) is 1. The molecule has 0 bridgehead atoms. The number of halogens is 2. The summed E-state index contributed by atoms with van der Waals surface area (Å²) >= 11 is 9.22. The van der Waals surface area contributed by atoms with Crippen molar-refractivity contribution < 1.29 is 4.79 Å². The van der Waals surface area contributed by atoms with Crippen molar-refractivity contribution in [3.63, 3.8) is 0 Å². The van der Waals surface area contributed by atoms with Crippen LogP contribution in [0.25, 0.3) is 0 Å². The van der Waals surface area contributed by atoms with Gasteiger partial charge in [0.15, 0.2) is 0 Å². The average Bonchev–Trinajstić information content (AvgIpc) is 2.22. The van der Waals surface area contributed by atoms with Gasteiger partial charge in [-0.05, 0) is 35.0 Å². The molecule has 1 aromatic carbocycles. The predicted octanol–water partition coefficient (Wildman–Crippen LogP) is 3.13. The van der Waals surface area contributed by atoms with Crippen LogP contribution in [0.15, 0.2) is 22.7 Å². The molecule has 1 amide bonds. The third-order valence-corrected chi connectivity index (χ3v) is 3.27. The average molecular weight is 302 g/mol. The molecule has 84 valence electrons. The van der Waals surface area contributed by atoms with E-state index in [1.807, 2.05) is 6.07 Å². The van der Waals surface area contributed by atoms with Gasteiger partial charge in [-0.3, -0.25) is 4.79 Å². The Hall–Kier alpha value is -1.05. The van der Waals surface area contributed by atoms with Crippen molar-refractivity contribution >= 4 is 33.4 Å². The molecule has 0 heterocycles. The zero-order chi connectivity index (χ0) is 12.1. The summed E-state index contributed by atoms with van der Waals surface area (Å²) < 4.78 is 0.676. The quantitative estimate of drug-likeness (QED) is 0.932. The van der Waals surface area contributed by atoms with E-state index >= 15 is 0 Å². The summed E-state index contributed by atoms with van der Waals surface area (Å²) in [4.78, 5) is 11.8. The molecule has 0 aromatic heterocycles. The number of nitriles is 1. The minimum absolute atomic E-state index is 0.187. The maximum Gasteiger partial charge on any atom is 0.253 e. The van der Waals surface area contributed by atoms with E-state index in [4.69, 9.17) is 16.9 Å². The van der Waals surface area contributed by atoms with Crippen LogP contribution in [0, 0.1) is 11.3 Å². The second kappa shape index (κ2) is 5.88. The molecule has 0 saturated heterocycles.